The van der Waals surface area contributed by atoms with Gasteiger partial charge in [0.25, 0.3) is 0 Å². The summed E-state index contributed by atoms with van der Waals surface area (Å²) in [6.45, 7) is 0.693. The lowest BCUT2D eigenvalue weighted by atomic mass is 10.1. The molecule has 6 nitrogen and oxygen atoms in total. The van der Waals surface area contributed by atoms with Crippen molar-refractivity contribution in [1.82, 2.24) is 18.9 Å². The highest BCUT2D eigenvalue weighted by Crippen LogP contribution is 2.38. The number of pyridine rings is 1. The number of aryl methyl sites for hydroxylation is 1. The molecule has 2 N–H and O–H groups in total. The van der Waals surface area contributed by atoms with Crippen molar-refractivity contribution in [1.29, 1.82) is 0 Å². The topological polar surface area (TPSA) is 72.9 Å². The minimum absolute atomic E-state index is 0.537. The van der Waals surface area contributed by atoms with Crippen molar-refractivity contribution in [2.75, 3.05) is 17.7 Å². The van der Waals surface area contributed by atoms with E-state index in [2.05, 4.69) is 19.2 Å². The maximum absolute atomic E-state index is 6.04. The second kappa shape index (κ2) is 5.53. The number of rotatable bonds is 4. The van der Waals surface area contributed by atoms with Crippen LogP contribution in [0, 0.1) is 0 Å². The van der Waals surface area contributed by atoms with Gasteiger partial charge in [0.1, 0.15) is 16.6 Å². The van der Waals surface area contributed by atoms with Crippen molar-refractivity contribution < 1.29 is 0 Å². The number of hydrogen-bond donors (Lipinski definition) is 1. The molecule has 0 saturated carbocycles. The Balaban J connectivity index is 1.94. The van der Waals surface area contributed by atoms with E-state index in [0.717, 1.165) is 22.0 Å². The van der Waals surface area contributed by atoms with E-state index in [-0.39, 0.29) is 0 Å². The Kier molecular flexibility index (Phi) is 3.57. The van der Waals surface area contributed by atoms with Crippen LogP contribution in [0.4, 0.5) is 10.8 Å². The van der Waals surface area contributed by atoms with E-state index in [1.807, 2.05) is 37.0 Å². The van der Waals surface area contributed by atoms with E-state index in [4.69, 9.17) is 5.73 Å². The van der Waals surface area contributed by atoms with Gasteiger partial charge in [-0.1, -0.05) is 6.07 Å². The Bertz CT molecular complexity index is 733. The average Bonchev–Trinajstić information content (AvgIpc) is 3.06. The molecule has 3 aromatic rings. The van der Waals surface area contributed by atoms with Crippen LogP contribution in [0.15, 0.2) is 36.9 Å². The number of imidazole rings is 1. The van der Waals surface area contributed by atoms with Crippen molar-refractivity contribution >= 4 is 22.4 Å². The fraction of sp³-hybridized carbons (Fsp3) is 0.214. The molecular formula is C14H16N6S. The first-order valence-electron chi connectivity index (χ1n) is 6.49. The van der Waals surface area contributed by atoms with Gasteiger partial charge in [-0.25, -0.2) is 4.98 Å². The van der Waals surface area contributed by atoms with E-state index >= 15 is 0 Å². The maximum atomic E-state index is 6.04. The second-order valence-electron chi connectivity index (χ2n) is 4.80. The number of anilines is 2. The molecule has 7 heteroatoms. The van der Waals surface area contributed by atoms with E-state index < -0.39 is 0 Å². The Morgan fingerprint density at radius 1 is 1.38 bits per heavy atom. The van der Waals surface area contributed by atoms with Gasteiger partial charge in [0, 0.05) is 44.4 Å². The normalized spacial score (nSPS) is 10.8. The number of hydrogen-bond acceptors (Lipinski definition) is 6. The Hall–Kier alpha value is -2.41. The summed E-state index contributed by atoms with van der Waals surface area (Å²) in [6, 6.07) is 3.89. The van der Waals surface area contributed by atoms with Crippen molar-refractivity contribution in [3.05, 3.63) is 42.7 Å². The maximum Gasteiger partial charge on any atom is 0.147 e. The fourth-order valence-corrected chi connectivity index (χ4v) is 2.96. The predicted molar refractivity (Wildman–Crippen MR) is 85.1 cm³/mol. The first-order chi connectivity index (χ1) is 10.2. The van der Waals surface area contributed by atoms with E-state index in [1.165, 1.54) is 11.5 Å². The van der Waals surface area contributed by atoms with Gasteiger partial charge in [0.15, 0.2) is 0 Å². The van der Waals surface area contributed by atoms with E-state index in [9.17, 15) is 0 Å². The molecule has 108 valence electrons. The van der Waals surface area contributed by atoms with Gasteiger partial charge in [-0.15, -0.1) is 0 Å². The lowest BCUT2D eigenvalue weighted by molar-refractivity contribution is 0.765. The van der Waals surface area contributed by atoms with Crippen LogP contribution in [-0.4, -0.2) is 26.0 Å². The number of nitrogens with two attached hydrogens (primary N) is 1. The zero-order chi connectivity index (χ0) is 14.8. The highest BCUT2D eigenvalue weighted by molar-refractivity contribution is 7.11. The fourth-order valence-electron chi connectivity index (χ4n) is 2.17. The zero-order valence-electron chi connectivity index (χ0n) is 11.9. The summed E-state index contributed by atoms with van der Waals surface area (Å²) in [6.07, 6.45) is 7.29. The Labute approximate surface area is 127 Å². The molecule has 0 aromatic carbocycles. The van der Waals surface area contributed by atoms with Crippen LogP contribution in [0.1, 0.15) is 5.82 Å². The molecule has 0 atom stereocenters. The van der Waals surface area contributed by atoms with Crippen molar-refractivity contribution in [3.63, 3.8) is 0 Å². The average molecular weight is 300 g/mol. The van der Waals surface area contributed by atoms with Crippen LogP contribution in [0.3, 0.4) is 0 Å². The molecule has 3 heterocycles. The molecule has 0 aliphatic rings. The lowest BCUT2D eigenvalue weighted by Crippen LogP contribution is -2.18. The minimum atomic E-state index is 0.537. The summed E-state index contributed by atoms with van der Waals surface area (Å²) in [4.78, 5) is 10.6. The van der Waals surface area contributed by atoms with Gasteiger partial charge in [0.05, 0.1) is 12.1 Å². The van der Waals surface area contributed by atoms with Crippen LogP contribution in [0.25, 0.3) is 11.1 Å². The van der Waals surface area contributed by atoms with Crippen molar-refractivity contribution in [3.8, 4) is 11.1 Å². The molecule has 0 aliphatic carbocycles. The molecule has 0 radical (unpaired) electrons. The molecule has 0 bridgehead atoms. The third kappa shape index (κ3) is 2.59. The summed E-state index contributed by atoms with van der Waals surface area (Å²) >= 11 is 1.39. The van der Waals surface area contributed by atoms with Gasteiger partial charge in [-0.3, -0.25) is 4.98 Å². The highest BCUT2D eigenvalue weighted by Gasteiger charge is 2.18. The quantitative estimate of drug-likeness (QED) is 0.799. The van der Waals surface area contributed by atoms with Crippen LogP contribution in [0.2, 0.25) is 0 Å². The first-order valence-corrected chi connectivity index (χ1v) is 7.27. The Morgan fingerprint density at radius 2 is 2.24 bits per heavy atom. The molecule has 3 aromatic heterocycles. The van der Waals surface area contributed by atoms with Crippen molar-refractivity contribution in [2.24, 2.45) is 7.05 Å². The third-order valence-electron chi connectivity index (χ3n) is 3.30. The third-order valence-corrected chi connectivity index (χ3v) is 4.27. The summed E-state index contributed by atoms with van der Waals surface area (Å²) < 4.78 is 6.29. The highest BCUT2D eigenvalue weighted by atomic mass is 32.1. The van der Waals surface area contributed by atoms with Gasteiger partial charge >= 0.3 is 0 Å². The molecule has 0 amide bonds. The van der Waals surface area contributed by atoms with Crippen molar-refractivity contribution in [2.45, 2.75) is 6.54 Å². The van der Waals surface area contributed by atoms with Crippen LogP contribution < -0.4 is 10.6 Å². The molecule has 0 saturated heterocycles. The Morgan fingerprint density at radius 3 is 2.90 bits per heavy atom. The molecule has 3 rings (SSSR count). The molecule has 0 fully saturated rings. The van der Waals surface area contributed by atoms with Gasteiger partial charge in [0.2, 0.25) is 0 Å². The standard InChI is InChI=1S/C14H16N6S/c1-19-7-6-17-11(19)9-20(2)14-12(13(15)18-21-14)10-4-3-5-16-8-10/h3-8H,9H2,1-2H3,(H2,15,18). The zero-order valence-corrected chi connectivity index (χ0v) is 12.7. The number of aromatic nitrogens is 4. The van der Waals surface area contributed by atoms with Crippen LogP contribution in [-0.2, 0) is 13.6 Å². The number of nitrogens with zero attached hydrogens (tertiary/aromatic N) is 5. The molecule has 0 aliphatic heterocycles. The van der Waals surface area contributed by atoms with Gasteiger partial charge in [-0.05, 0) is 17.6 Å². The SMILES string of the molecule is CN(Cc1nccn1C)c1snc(N)c1-c1cccnc1. The summed E-state index contributed by atoms with van der Waals surface area (Å²) in [7, 11) is 4.00. The smallest absolute Gasteiger partial charge is 0.147 e. The molecule has 0 unspecified atom stereocenters. The van der Waals surface area contributed by atoms with Crippen LogP contribution in [0.5, 0.6) is 0 Å². The largest absolute Gasteiger partial charge is 0.382 e. The first kappa shape index (κ1) is 13.6. The molecular weight excluding hydrogens is 284 g/mol. The molecule has 0 spiro atoms. The van der Waals surface area contributed by atoms with E-state index in [1.54, 1.807) is 18.6 Å². The summed E-state index contributed by atoms with van der Waals surface area (Å²) in [5.74, 6) is 1.52. The molecule has 21 heavy (non-hydrogen) atoms. The van der Waals surface area contributed by atoms with Gasteiger partial charge in [-0.2, -0.15) is 4.37 Å². The second-order valence-corrected chi connectivity index (χ2v) is 5.55. The minimum Gasteiger partial charge on any atom is -0.382 e. The summed E-state index contributed by atoms with van der Waals surface area (Å²) in [5.41, 5.74) is 7.95. The van der Waals surface area contributed by atoms with Crippen LogP contribution >= 0.6 is 11.5 Å². The van der Waals surface area contributed by atoms with Gasteiger partial charge < -0.3 is 15.2 Å². The lowest BCUT2D eigenvalue weighted by Gasteiger charge is -2.18. The monoisotopic (exact) mass is 300 g/mol. The summed E-state index contributed by atoms with van der Waals surface area (Å²) in [5, 5.41) is 1.02. The van der Waals surface area contributed by atoms with E-state index in [0.29, 0.717) is 12.4 Å². The predicted octanol–water partition coefficient (Wildman–Crippen LogP) is 2.16. The number of nitrogen functional groups attached to an aromatic ring is 1.